The molecule has 0 heterocycles. The summed E-state index contributed by atoms with van der Waals surface area (Å²) in [6.45, 7) is 3.92. The molecule has 152 valence electrons. The van der Waals surface area contributed by atoms with E-state index in [1.807, 2.05) is 0 Å². The highest BCUT2D eigenvalue weighted by molar-refractivity contribution is 6.32. The van der Waals surface area contributed by atoms with Gasteiger partial charge in [-0.15, -0.1) is 0 Å². The van der Waals surface area contributed by atoms with E-state index in [9.17, 15) is 27.9 Å². The van der Waals surface area contributed by atoms with Gasteiger partial charge in [-0.1, -0.05) is 23.7 Å². The number of alkyl halides is 3. The molecule has 2 N–H and O–H groups in total. The molecule has 1 atom stereocenters. The first-order chi connectivity index (χ1) is 12.3. The third-order valence-corrected chi connectivity index (χ3v) is 3.91. The number of nitrogens with zero attached hydrogens (tertiary/aromatic N) is 1. The molecule has 1 rings (SSSR count). The summed E-state index contributed by atoms with van der Waals surface area (Å²) in [7, 11) is 1.27. The van der Waals surface area contributed by atoms with Gasteiger partial charge in [-0.2, -0.15) is 13.2 Å². The van der Waals surface area contributed by atoms with Crippen molar-refractivity contribution >= 4 is 23.6 Å². The fourth-order valence-electron chi connectivity index (χ4n) is 2.08. The number of benzene rings is 1. The molecule has 1 unspecified atom stereocenters. The molecule has 1 aromatic rings. The van der Waals surface area contributed by atoms with Crippen molar-refractivity contribution in [1.82, 2.24) is 10.2 Å². The van der Waals surface area contributed by atoms with Crippen LogP contribution in [0.1, 0.15) is 31.9 Å². The molecule has 0 aliphatic carbocycles. The number of halogens is 4. The van der Waals surface area contributed by atoms with Crippen molar-refractivity contribution in [1.29, 1.82) is 0 Å². The minimum atomic E-state index is -4.62. The Labute approximate surface area is 160 Å². The zero-order valence-corrected chi connectivity index (χ0v) is 16.1. The van der Waals surface area contributed by atoms with Gasteiger partial charge >= 0.3 is 12.3 Å². The predicted octanol–water partition coefficient (Wildman–Crippen LogP) is 3.20. The maximum Gasteiger partial charge on any atom is 0.417 e. The number of rotatable bonds is 5. The summed E-state index contributed by atoms with van der Waals surface area (Å²) in [6, 6.07) is 2.07. The largest absolute Gasteiger partial charge is 0.444 e. The Kier molecular flexibility index (Phi) is 7.50. The van der Waals surface area contributed by atoms with Crippen LogP contribution in [0.5, 0.6) is 0 Å². The van der Waals surface area contributed by atoms with Gasteiger partial charge in [0.05, 0.1) is 17.2 Å². The first-order valence-corrected chi connectivity index (χ1v) is 8.34. The second kappa shape index (κ2) is 8.79. The molecule has 1 aromatic carbocycles. The van der Waals surface area contributed by atoms with Gasteiger partial charge in [0.1, 0.15) is 11.6 Å². The Balaban J connectivity index is 2.85. The lowest BCUT2D eigenvalue weighted by Gasteiger charge is -2.29. The molecule has 0 aromatic heterocycles. The van der Waals surface area contributed by atoms with Crippen molar-refractivity contribution < 1.29 is 32.6 Å². The number of carbonyl (C=O) groups excluding carboxylic acids is 2. The highest BCUT2D eigenvalue weighted by Gasteiger charge is 2.34. The number of nitrogens with one attached hydrogen (secondary N) is 1. The van der Waals surface area contributed by atoms with E-state index in [2.05, 4.69) is 5.32 Å². The summed E-state index contributed by atoms with van der Waals surface area (Å²) < 4.78 is 43.7. The van der Waals surface area contributed by atoms with Gasteiger partial charge in [0.2, 0.25) is 5.91 Å². The van der Waals surface area contributed by atoms with Gasteiger partial charge in [-0.25, -0.2) is 4.79 Å². The van der Waals surface area contributed by atoms with Gasteiger partial charge in [0.15, 0.2) is 0 Å². The van der Waals surface area contributed by atoms with Crippen molar-refractivity contribution in [3.05, 3.63) is 34.3 Å². The fraction of sp³-hybridized carbons (Fsp3) is 0.529. The van der Waals surface area contributed by atoms with Crippen LogP contribution in [0.4, 0.5) is 18.0 Å². The van der Waals surface area contributed by atoms with E-state index in [4.69, 9.17) is 16.3 Å². The molecule has 0 fully saturated rings. The molecule has 0 aliphatic rings. The number of amides is 2. The van der Waals surface area contributed by atoms with Crippen molar-refractivity contribution in [3.8, 4) is 0 Å². The minimum absolute atomic E-state index is 0.0523. The van der Waals surface area contributed by atoms with Crippen LogP contribution in [0.15, 0.2) is 18.2 Å². The Morgan fingerprint density at radius 1 is 1.30 bits per heavy atom. The van der Waals surface area contributed by atoms with E-state index in [0.29, 0.717) is 0 Å². The van der Waals surface area contributed by atoms with Crippen LogP contribution in [-0.4, -0.2) is 47.3 Å². The van der Waals surface area contributed by atoms with E-state index < -0.39 is 47.0 Å². The van der Waals surface area contributed by atoms with Gasteiger partial charge in [0.25, 0.3) is 0 Å². The van der Waals surface area contributed by atoms with Crippen LogP contribution in [-0.2, 0) is 22.3 Å². The number of aliphatic hydroxyl groups is 1. The van der Waals surface area contributed by atoms with Crippen molar-refractivity contribution in [2.45, 2.75) is 45.1 Å². The van der Waals surface area contributed by atoms with Crippen LogP contribution >= 0.6 is 11.6 Å². The monoisotopic (exact) mass is 410 g/mol. The average molecular weight is 411 g/mol. The van der Waals surface area contributed by atoms with Crippen molar-refractivity contribution in [3.63, 3.8) is 0 Å². The molecule has 0 radical (unpaired) electrons. The molecule has 0 saturated heterocycles. The molecule has 0 bridgehead atoms. The summed E-state index contributed by atoms with van der Waals surface area (Å²) in [6.07, 6.45) is -5.45. The molecule has 27 heavy (non-hydrogen) atoms. The first kappa shape index (κ1) is 23.0. The average Bonchev–Trinajstić information content (AvgIpc) is 2.51. The summed E-state index contributed by atoms with van der Waals surface area (Å²) in [5.74, 6) is -0.765. The Morgan fingerprint density at radius 2 is 1.89 bits per heavy atom. The van der Waals surface area contributed by atoms with E-state index in [1.165, 1.54) is 19.2 Å². The van der Waals surface area contributed by atoms with Gasteiger partial charge in [-0.05, 0) is 32.4 Å². The summed E-state index contributed by atoms with van der Waals surface area (Å²) >= 11 is 5.77. The van der Waals surface area contributed by atoms with Crippen LogP contribution in [0.3, 0.4) is 0 Å². The lowest BCUT2D eigenvalue weighted by Crippen LogP contribution is -2.50. The van der Waals surface area contributed by atoms with E-state index >= 15 is 0 Å². The molecule has 2 amide bonds. The maximum atomic E-state index is 12.9. The number of hydrogen-bond donors (Lipinski definition) is 2. The molecule has 10 heteroatoms. The Hall–Kier alpha value is -2.00. The predicted molar refractivity (Wildman–Crippen MR) is 93.2 cm³/mol. The number of carbonyl (C=O) groups is 2. The standard InChI is InChI=1S/C17H22ClF3N2O4/c1-16(2,3)27-15(26)23(4)12(9-24)14(25)22-8-10-6-5-7-11(13(10)18)17(19,20)21/h5-7,12,24H,8-9H2,1-4H3,(H,22,25). The molecule has 6 nitrogen and oxygen atoms in total. The quantitative estimate of drug-likeness (QED) is 0.781. The lowest BCUT2D eigenvalue weighted by molar-refractivity contribution is -0.137. The van der Waals surface area contributed by atoms with Crippen LogP contribution in [0, 0.1) is 0 Å². The third kappa shape index (κ3) is 6.59. The summed E-state index contributed by atoms with van der Waals surface area (Å²) in [5.41, 5.74) is -1.76. The second-order valence-electron chi connectivity index (χ2n) is 6.78. The normalized spacial score (nSPS) is 13.1. The Morgan fingerprint density at radius 3 is 2.37 bits per heavy atom. The third-order valence-electron chi connectivity index (χ3n) is 3.46. The molecular weight excluding hydrogens is 389 g/mol. The molecule has 0 aliphatic heterocycles. The maximum absolute atomic E-state index is 12.9. The summed E-state index contributed by atoms with van der Waals surface area (Å²) in [5, 5.41) is 11.3. The fourth-order valence-corrected chi connectivity index (χ4v) is 2.38. The zero-order valence-electron chi connectivity index (χ0n) is 15.4. The number of likely N-dealkylation sites (N-methyl/N-ethyl adjacent to an activating group) is 1. The molecular formula is C17H22ClF3N2O4. The number of hydrogen-bond acceptors (Lipinski definition) is 4. The van der Waals surface area contributed by atoms with Crippen molar-refractivity contribution in [2.75, 3.05) is 13.7 Å². The highest BCUT2D eigenvalue weighted by Crippen LogP contribution is 2.36. The number of ether oxygens (including phenoxy) is 1. The van der Waals surface area contributed by atoms with Crippen LogP contribution in [0.2, 0.25) is 5.02 Å². The smallest absolute Gasteiger partial charge is 0.417 e. The lowest BCUT2D eigenvalue weighted by atomic mass is 10.1. The highest BCUT2D eigenvalue weighted by atomic mass is 35.5. The number of aliphatic hydroxyl groups excluding tert-OH is 1. The minimum Gasteiger partial charge on any atom is -0.444 e. The topological polar surface area (TPSA) is 78.9 Å². The van der Waals surface area contributed by atoms with Crippen LogP contribution < -0.4 is 5.32 Å². The van der Waals surface area contributed by atoms with Gasteiger partial charge < -0.3 is 15.2 Å². The van der Waals surface area contributed by atoms with E-state index in [-0.39, 0.29) is 12.1 Å². The van der Waals surface area contributed by atoms with Crippen LogP contribution in [0.25, 0.3) is 0 Å². The second-order valence-corrected chi connectivity index (χ2v) is 7.16. The van der Waals surface area contributed by atoms with Crippen molar-refractivity contribution in [2.24, 2.45) is 0 Å². The zero-order chi connectivity index (χ0) is 21.0. The van der Waals surface area contributed by atoms with E-state index in [1.54, 1.807) is 20.8 Å². The molecule has 0 spiro atoms. The Bertz CT molecular complexity index is 690. The van der Waals surface area contributed by atoms with Gasteiger partial charge in [-0.3, -0.25) is 9.69 Å². The first-order valence-electron chi connectivity index (χ1n) is 7.97. The molecule has 0 saturated carbocycles. The van der Waals surface area contributed by atoms with E-state index in [0.717, 1.165) is 11.0 Å². The summed E-state index contributed by atoms with van der Waals surface area (Å²) in [4.78, 5) is 25.2. The van der Waals surface area contributed by atoms with Gasteiger partial charge in [0, 0.05) is 13.6 Å². The SMILES string of the molecule is CN(C(=O)OC(C)(C)C)C(CO)C(=O)NCc1cccc(C(F)(F)F)c1Cl.